The van der Waals surface area contributed by atoms with Crippen molar-refractivity contribution in [3.63, 3.8) is 0 Å². The summed E-state index contributed by atoms with van der Waals surface area (Å²) in [5, 5.41) is 0. The van der Waals surface area contributed by atoms with E-state index >= 15 is 0 Å². The maximum absolute atomic E-state index is 12.2. The summed E-state index contributed by atoms with van der Waals surface area (Å²) < 4.78 is 0. The van der Waals surface area contributed by atoms with Gasteiger partial charge >= 0.3 is 0 Å². The van der Waals surface area contributed by atoms with E-state index in [2.05, 4.69) is 19.0 Å². The third-order valence-corrected chi connectivity index (χ3v) is 5.03. The molecular formula is C13H21NO. The van der Waals surface area contributed by atoms with Crippen molar-refractivity contribution < 1.29 is 4.79 Å². The molecule has 2 nitrogen and oxygen atoms in total. The molecule has 0 aromatic rings. The van der Waals surface area contributed by atoms with Crippen LogP contribution in [0.1, 0.15) is 25.7 Å². The molecule has 0 heterocycles. The van der Waals surface area contributed by atoms with Gasteiger partial charge in [-0.1, -0.05) is 6.42 Å². The predicted octanol–water partition coefficient (Wildman–Crippen LogP) is 1.80. The van der Waals surface area contributed by atoms with Crippen LogP contribution in [0.25, 0.3) is 0 Å². The summed E-state index contributed by atoms with van der Waals surface area (Å²) in [5.74, 6) is 3.91. The second-order valence-electron chi connectivity index (χ2n) is 6.04. The van der Waals surface area contributed by atoms with Gasteiger partial charge in [-0.05, 0) is 51.1 Å². The average molecular weight is 207 g/mol. The van der Waals surface area contributed by atoms with Gasteiger partial charge in [-0.3, -0.25) is 4.79 Å². The Morgan fingerprint density at radius 2 is 1.93 bits per heavy atom. The molecule has 0 N–H and O–H groups in total. The molecule has 3 aliphatic carbocycles. The molecule has 2 bridgehead atoms. The Kier molecular flexibility index (Phi) is 2.17. The minimum absolute atomic E-state index is 0.379. The molecule has 0 radical (unpaired) electrons. The molecule has 15 heavy (non-hydrogen) atoms. The molecule has 0 aliphatic heterocycles. The smallest absolute Gasteiger partial charge is 0.140 e. The highest BCUT2D eigenvalue weighted by Gasteiger charge is 2.58. The second-order valence-corrected chi connectivity index (χ2v) is 6.04. The Labute approximate surface area is 92.0 Å². The lowest BCUT2D eigenvalue weighted by Gasteiger charge is -2.31. The Morgan fingerprint density at radius 3 is 2.67 bits per heavy atom. The van der Waals surface area contributed by atoms with Crippen molar-refractivity contribution in [3.05, 3.63) is 0 Å². The zero-order valence-electron chi connectivity index (χ0n) is 9.78. The van der Waals surface area contributed by atoms with E-state index in [1.165, 1.54) is 25.7 Å². The first-order chi connectivity index (χ1) is 7.18. The van der Waals surface area contributed by atoms with Gasteiger partial charge in [0.25, 0.3) is 0 Å². The first-order valence-electron chi connectivity index (χ1n) is 6.37. The van der Waals surface area contributed by atoms with E-state index in [-0.39, 0.29) is 0 Å². The monoisotopic (exact) mass is 207 g/mol. The van der Waals surface area contributed by atoms with Gasteiger partial charge < -0.3 is 4.90 Å². The minimum atomic E-state index is 0.379. The highest BCUT2D eigenvalue weighted by molar-refractivity contribution is 5.87. The standard InChI is InChI=1S/C13H21NO/c1-14(2)7-12-10-6-11(13(12)15)9-5-3-4-8(9)10/h8-12H,3-7H2,1-2H3/t8-,9-,10+,11-,12-/m0/s1. The van der Waals surface area contributed by atoms with E-state index in [9.17, 15) is 4.79 Å². The zero-order chi connectivity index (χ0) is 10.6. The molecule has 5 atom stereocenters. The number of carbonyl (C=O) groups is 1. The van der Waals surface area contributed by atoms with Crippen LogP contribution in [0.4, 0.5) is 0 Å². The number of carbonyl (C=O) groups excluding carboxylic acids is 1. The number of fused-ring (bicyclic) bond motifs is 5. The van der Waals surface area contributed by atoms with Gasteiger partial charge in [0.1, 0.15) is 5.78 Å². The van der Waals surface area contributed by atoms with Crippen molar-refractivity contribution in [3.8, 4) is 0 Å². The summed E-state index contributed by atoms with van der Waals surface area (Å²) in [5.41, 5.74) is 0. The Bertz CT molecular complexity index is 286. The van der Waals surface area contributed by atoms with Crippen LogP contribution in [0.15, 0.2) is 0 Å². The molecular weight excluding hydrogens is 186 g/mol. The molecule has 0 aromatic carbocycles. The van der Waals surface area contributed by atoms with Gasteiger partial charge in [0.05, 0.1) is 0 Å². The largest absolute Gasteiger partial charge is 0.309 e. The summed E-state index contributed by atoms with van der Waals surface area (Å²) >= 11 is 0. The lowest BCUT2D eigenvalue weighted by Crippen LogP contribution is -2.38. The van der Waals surface area contributed by atoms with Crippen molar-refractivity contribution in [1.82, 2.24) is 4.90 Å². The quantitative estimate of drug-likeness (QED) is 0.688. The molecule has 0 aromatic heterocycles. The van der Waals surface area contributed by atoms with Gasteiger partial charge in [0.15, 0.2) is 0 Å². The first kappa shape index (κ1) is 9.83. The summed E-state index contributed by atoms with van der Waals surface area (Å²) in [6.07, 6.45) is 5.35. The van der Waals surface area contributed by atoms with Crippen LogP contribution >= 0.6 is 0 Å². The summed E-state index contributed by atoms with van der Waals surface area (Å²) in [4.78, 5) is 14.4. The number of rotatable bonds is 2. The van der Waals surface area contributed by atoms with E-state index < -0.39 is 0 Å². The molecule has 3 rings (SSSR count). The van der Waals surface area contributed by atoms with Crippen LogP contribution in [0.5, 0.6) is 0 Å². The highest BCUT2D eigenvalue weighted by atomic mass is 16.1. The van der Waals surface area contributed by atoms with Crippen molar-refractivity contribution in [2.75, 3.05) is 20.6 Å². The van der Waals surface area contributed by atoms with Crippen LogP contribution in [-0.2, 0) is 4.79 Å². The van der Waals surface area contributed by atoms with E-state index in [1.54, 1.807) is 0 Å². The molecule has 0 spiro atoms. The fourth-order valence-corrected chi connectivity index (χ4v) is 4.59. The van der Waals surface area contributed by atoms with Crippen LogP contribution < -0.4 is 0 Å². The van der Waals surface area contributed by atoms with Gasteiger partial charge in [0.2, 0.25) is 0 Å². The minimum Gasteiger partial charge on any atom is -0.309 e. The topological polar surface area (TPSA) is 20.3 Å². The molecule has 3 aliphatic rings. The van der Waals surface area contributed by atoms with Crippen LogP contribution in [0.3, 0.4) is 0 Å². The number of nitrogens with zero attached hydrogens (tertiary/aromatic N) is 1. The van der Waals surface area contributed by atoms with Gasteiger partial charge in [0, 0.05) is 18.4 Å². The van der Waals surface area contributed by atoms with Crippen LogP contribution in [0, 0.1) is 29.6 Å². The van der Waals surface area contributed by atoms with Crippen molar-refractivity contribution in [2.24, 2.45) is 29.6 Å². The van der Waals surface area contributed by atoms with Gasteiger partial charge in [-0.15, -0.1) is 0 Å². The molecule has 3 saturated carbocycles. The SMILES string of the molecule is CN(C)C[C@@H]1C(=O)[C@H]2C[C@@H]1[C@H]1CCC[C@@H]12. The Morgan fingerprint density at radius 1 is 1.20 bits per heavy atom. The van der Waals surface area contributed by atoms with E-state index in [4.69, 9.17) is 0 Å². The summed E-state index contributed by atoms with van der Waals surface area (Å²) in [7, 11) is 4.18. The highest BCUT2D eigenvalue weighted by Crippen LogP contribution is 2.59. The average Bonchev–Trinajstić information content (AvgIpc) is 2.77. The lowest BCUT2D eigenvalue weighted by atomic mass is 9.75. The molecule has 2 heteroatoms. The lowest BCUT2D eigenvalue weighted by molar-refractivity contribution is -0.129. The molecule has 3 fully saturated rings. The third-order valence-electron chi connectivity index (χ3n) is 5.03. The molecule has 0 saturated heterocycles. The van der Waals surface area contributed by atoms with Gasteiger partial charge in [-0.25, -0.2) is 0 Å². The fourth-order valence-electron chi connectivity index (χ4n) is 4.59. The summed E-state index contributed by atoms with van der Waals surface area (Å²) in [6.45, 7) is 0.989. The molecule has 84 valence electrons. The molecule has 0 unspecified atom stereocenters. The van der Waals surface area contributed by atoms with E-state index in [1.807, 2.05) is 0 Å². The van der Waals surface area contributed by atoms with Crippen molar-refractivity contribution in [2.45, 2.75) is 25.7 Å². The third kappa shape index (κ3) is 1.30. The number of ketones is 1. The van der Waals surface area contributed by atoms with Crippen LogP contribution in [-0.4, -0.2) is 31.3 Å². The van der Waals surface area contributed by atoms with Gasteiger partial charge in [-0.2, -0.15) is 0 Å². The van der Waals surface area contributed by atoms with E-state index in [0.717, 1.165) is 24.3 Å². The zero-order valence-corrected chi connectivity index (χ0v) is 9.78. The maximum Gasteiger partial charge on any atom is 0.140 e. The maximum atomic E-state index is 12.2. The number of Topliss-reactive ketones (excluding diaryl/α,β-unsaturated/α-hetero) is 1. The fraction of sp³-hybridized carbons (Fsp3) is 0.923. The number of hydrogen-bond acceptors (Lipinski definition) is 2. The summed E-state index contributed by atoms with van der Waals surface area (Å²) in [6, 6.07) is 0. The first-order valence-corrected chi connectivity index (χ1v) is 6.37. The van der Waals surface area contributed by atoms with Crippen LogP contribution in [0.2, 0.25) is 0 Å². The van der Waals surface area contributed by atoms with Crippen molar-refractivity contribution in [1.29, 1.82) is 0 Å². The normalized spacial score (nSPS) is 47.9. The number of hydrogen-bond donors (Lipinski definition) is 0. The Balaban J connectivity index is 1.81. The second kappa shape index (κ2) is 3.31. The molecule has 0 amide bonds. The van der Waals surface area contributed by atoms with E-state index in [0.29, 0.717) is 17.6 Å². The predicted molar refractivity (Wildman–Crippen MR) is 59.5 cm³/mol. The Hall–Kier alpha value is -0.370. The van der Waals surface area contributed by atoms with Crippen molar-refractivity contribution >= 4 is 5.78 Å².